The first kappa shape index (κ1) is 19.3. The van der Waals surface area contributed by atoms with E-state index in [9.17, 15) is 18.0 Å². The smallest absolute Gasteiger partial charge is 0.406 e. The molecule has 0 saturated carbocycles. The molecule has 0 bridgehead atoms. The van der Waals surface area contributed by atoms with Crippen molar-refractivity contribution in [1.29, 1.82) is 0 Å². The Labute approximate surface area is 167 Å². The molecule has 3 heterocycles. The highest BCUT2D eigenvalue weighted by atomic mass is 32.2. The van der Waals surface area contributed by atoms with Gasteiger partial charge < -0.3 is 4.74 Å². The molecule has 1 aromatic carbocycles. The lowest BCUT2D eigenvalue weighted by atomic mass is 10.2. The van der Waals surface area contributed by atoms with Crippen molar-refractivity contribution in [1.82, 2.24) is 18.9 Å². The molecule has 3 aromatic heterocycles. The predicted octanol–water partition coefficient (Wildman–Crippen LogP) is 4.35. The number of fused-ring (bicyclic) bond motifs is 2. The fourth-order valence-corrected chi connectivity index (χ4v) is 3.83. The van der Waals surface area contributed by atoms with E-state index in [0.717, 1.165) is 28.5 Å². The van der Waals surface area contributed by atoms with Crippen LogP contribution in [0.15, 0.2) is 52.7 Å². The Morgan fingerprint density at radius 2 is 2.00 bits per heavy atom. The lowest BCUT2D eigenvalue weighted by molar-refractivity contribution is -0.274. The van der Waals surface area contributed by atoms with Crippen molar-refractivity contribution in [2.75, 3.05) is 5.75 Å². The fourth-order valence-electron chi connectivity index (χ4n) is 2.99. The standard InChI is InChI=1S/C19H15F3N4O2S/c1-3-29-18-16(24-15-7-4-11(2)9-25(15)18)26-10-23-14-6-5-12(28-19(20,21)22)8-13(14)17(26)27/h4-10H,3H2,1-2H3. The van der Waals surface area contributed by atoms with Crippen LogP contribution < -0.4 is 10.3 Å². The number of rotatable bonds is 4. The van der Waals surface area contributed by atoms with Crippen molar-refractivity contribution in [2.24, 2.45) is 0 Å². The first-order valence-electron chi connectivity index (χ1n) is 8.66. The molecular weight excluding hydrogens is 405 g/mol. The topological polar surface area (TPSA) is 61.4 Å². The third-order valence-corrected chi connectivity index (χ3v) is 5.12. The summed E-state index contributed by atoms with van der Waals surface area (Å²) in [6.45, 7) is 3.93. The first-order valence-corrected chi connectivity index (χ1v) is 9.64. The zero-order chi connectivity index (χ0) is 20.8. The average molecular weight is 420 g/mol. The van der Waals surface area contributed by atoms with Gasteiger partial charge in [0.15, 0.2) is 5.82 Å². The van der Waals surface area contributed by atoms with Gasteiger partial charge in [-0.05, 0) is 42.5 Å². The normalized spacial score (nSPS) is 12.0. The number of ether oxygens (including phenoxy) is 1. The largest absolute Gasteiger partial charge is 0.573 e. The summed E-state index contributed by atoms with van der Waals surface area (Å²) in [5, 5.41) is 0.757. The Bertz CT molecular complexity index is 1280. The molecule has 6 nitrogen and oxygen atoms in total. The zero-order valence-electron chi connectivity index (χ0n) is 15.4. The lowest BCUT2D eigenvalue weighted by Crippen LogP contribution is -2.21. The number of aromatic nitrogens is 4. The molecule has 0 atom stereocenters. The third kappa shape index (κ3) is 3.67. The van der Waals surface area contributed by atoms with Gasteiger partial charge in [-0.2, -0.15) is 0 Å². The van der Waals surface area contributed by atoms with Crippen molar-refractivity contribution in [3.63, 3.8) is 0 Å². The number of thioether (sulfide) groups is 1. The van der Waals surface area contributed by atoms with Crippen LogP contribution >= 0.6 is 11.8 Å². The van der Waals surface area contributed by atoms with Gasteiger partial charge in [-0.1, -0.05) is 13.0 Å². The third-order valence-electron chi connectivity index (χ3n) is 4.18. The molecule has 4 aromatic rings. The number of imidazole rings is 1. The number of hydrogen-bond acceptors (Lipinski definition) is 5. The van der Waals surface area contributed by atoms with Crippen LogP contribution in [0, 0.1) is 6.92 Å². The SMILES string of the molecule is CCSc1c(-n2cnc3ccc(OC(F)(F)F)cc3c2=O)nc2ccc(C)cn12. The molecule has 4 rings (SSSR count). The van der Waals surface area contributed by atoms with Crippen molar-refractivity contribution < 1.29 is 17.9 Å². The van der Waals surface area contributed by atoms with Gasteiger partial charge in [0, 0.05) is 6.20 Å². The number of nitrogens with zero attached hydrogens (tertiary/aromatic N) is 4. The van der Waals surface area contributed by atoms with E-state index in [1.165, 1.54) is 28.7 Å². The lowest BCUT2D eigenvalue weighted by Gasteiger charge is -2.10. The van der Waals surface area contributed by atoms with Crippen molar-refractivity contribution in [3.05, 3.63) is 58.8 Å². The second kappa shape index (κ2) is 7.11. The number of benzene rings is 1. The van der Waals surface area contributed by atoms with E-state index in [4.69, 9.17) is 0 Å². The van der Waals surface area contributed by atoms with E-state index in [0.29, 0.717) is 11.5 Å². The minimum atomic E-state index is -4.85. The Kier molecular flexibility index (Phi) is 4.73. The summed E-state index contributed by atoms with van der Waals surface area (Å²) in [4.78, 5) is 21.8. The van der Waals surface area contributed by atoms with Crippen LogP contribution in [-0.2, 0) is 0 Å². The van der Waals surface area contributed by atoms with Gasteiger partial charge in [-0.25, -0.2) is 14.5 Å². The molecule has 0 radical (unpaired) electrons. The molecule has 0 N–H and O–H groups in total. The van der Waals surface area contributed by atoms with E-state index in [1.807, 2.05) is 36.6 Å². The fraction of sp³-hybridized carbons (Fsp3) is 0.211. The summed E-state index contributed by atoms with van der Waals surface area (Å²) in [6, 6.07) is 7.23. The summed E-state index contributed by atoms with van der Waals surface area (Å²) in [5.41, 5.74) is 1.42. The first-order chi connectivity index (χ1) is 13.8. The van der Waals surface area contributed by atoms with Crippen molar-refractivity contribution in [3.8, 4) is 11.6 Å². The van der Waals surface area contributed by atoms with Gasteiger partial charge in [-0.15, -0.1) is 24.9 Å². The molecule has 0 saturated heterocycles. The summed E-state index contributed by atoms with van der Waals surface area (Å²) in [6.07, 6.45) is -1.60. The van der Waals surface area contributed by atoms with E-state index < -0.39 is 17.7 Å². The van der Waals surface area contributed by atoms with Crippen LogP contribution in [0.25, 0.3) is 22.4 Å². The second-order valence-electron chi connectivity index (χ2n) is 6.25. The summed E-state index contributed by atoms with van der Waals surface area (Å²) in [7, 11) is 0. The molecule has 10 heteroatoms. The number of halogens is 3. The number of aryl methyl sites for hydroxylation is 1. The van der Waals surface area contributed by atoms with Crippen LogP contribution in [0.5, 0.6) is 5.75 Å². The van der Waals surface area contributed by atoms with Crippen LogP contribution in [0.4, 0.5) is 13.2 Å². The zero-order valence-corrected chi connectivity index (χ0v) is 16.2. The molecular formula is C19H15F3N4O2S. The van der Waals surface area contributed by atoms with E-state index in [-0.39, 0.29) is 10.9 Å². The highest BCUT2D eigenvalue weighted by Gasteiger charge is 2.31. The van der Waals surface area contributed by atoms with Gasteiger partial charge in [-0.3, -0.25) is 9.20 Å². The minimum Gasteiger partial charge on any atom is -0.406 e. The minimum absolute atomic E-state index is 0.00920. The van der Waals surface area contributed by atoms with Gasteiger partial charge in [0.05, 0.1) is 10.9 Å². The highest BCUT2D eigenvalue weighted by Crippen LogP contribution is 2.28. The Morgan fingerprint density at radius 3 is 2.72 bits per heavy atom. The van der Waals surface area contributed by atoms with Crippen LogP contribution in [-0.4, -0.2) is 31.1 Å². The Hall–Kier alpha value is -3.01. The molecule has 0 aliphatic rings. The molecule has 0 aliphatic heterocycles. The average Bonchev–Trinajstić information content (AvgIpc) is 2.99. The number of hydrogen-bond donors (Lipinski definition) is 0. The maximum atomic E-state index is 13.1. The summed E-state index contributed by atoms with van der Waals surface area (Å²) in [5.74, 6) is 0.646. The molecule has 0 amide bonds. The molecule has 0 aliphatic carbocycles. The van der Waals surface area contributed by atoms with Gasteiger partial charge >= 0.3 is 6.36 Å². The number of alkyl halides is 3. The van der Waals surface area contributed by atoms with Gasteiger partial charge in [0.25, 0.3) is 5.56 Å². The van der Waals surface area contributed by atoms with Crippen molar-refractivity contribution in [2.45, 2.75) is 25.2 Å². The van der Waals surface area contributed by atoms with Gasteiger partial charge in [0.1, 0.15) is 22.7 Å². The monoisotopic (exact) mass is 420 g/mol. The van der Waals surface area contributed by atoms with Crippen LogP contribution in [0.1, 0.15) is 12.5 Å². The Morgan fingerprint density at radius 1 is 1.21 bits per heavy atom. The highest BCUT2D eigenvalue weighted by molar-refractivity contribution is 7.99. The second-order valence-corrected chi connectivity index (χ2v) is 7.51. The summed E-state index contributed by atoms with van der Waals surface area (Å²) >= 11 is 1.51. The predicted molar refractivity (Wildman–Crippen MR) is 104 cm³/mol. The molecule has 150 valence electrons. The van der Waals surface area contributed by atoms with E-state index in [2.05, 4.69) is 14.7 Å². The van der Waals surface area contributed by atoms with Gasteiger partial charge in [0.2, 0.25) is 0 Å². The van der Waals surface area contributed by atoms with Crippen LogP contribution in [0.2, 0.25) is 0 Å². The summed E-state index contributed by atoms with van der Waals surface area (Å²) < 4.78 is 44.7. The maximum absolute atomic E-state index is 13.1. The Balaban J connectivity index is 1.93. The molecule has 29 heavy (non-hydrogen) atoms. The maximum Gasteiger partial charge on any atom is 0.573 e. The van der Waals surface area contributed by atoms with E-state index >= 15 is 0 Å². The van der Waals surface area contributed by atoms with E-state index in [1.54, 1.807) is 0 Å². The van der Waals surface area contributed by atoms with Crippen molar-refractivity contribution >= 4 is 28.3 Å². The quantitative estimate of drug-likeness (QED) is 0.460. The van der Waals surface area contributed by atoms with Crippen LogP contribution in [0.3, 0.4) is 0 Å². The molecule has 0 fully saturated rings. The molecule has 0 unspecified atom stereocenters. The molecule has 0 spiro atoms. The number of pyridine rings is 1.